The Hall–Kier alpha value is -1.40. The van der Waals surface area contributed by atoms with Crippen LogP contribution < -0.4 is 11.1 Å². The molecule has 3 N–H and O–H groups in total. The number of amides is 1. The first-order valence-corrected chi connectivity index (χ1v) is 6.84. The van der Waals surface area contributed by atoms with Crippen molar-refractivity contribution in [3.63, 3.8) is 0 Å². The van der Waals surface area contributed by atoms with Gasteiger partial charge in [0.1, 0.15) is 5.69 Å². The quantitative estimate of drug-likeness (QED) is 0.808. The van der Waals surface area contributed by atoms with Crippen molar-refractivity contribution >= 4 is 5.91 Å². The molecule has 2 fully saturated rings. The van der Waals surface area contributed by atoms with Gasteiger partial charge in [0.05, 0.1) is 17.8 Å². The molecule has 1 saturated heterocycles. The molecule has 0 bridgehead atoms. The highest BCUT2D eigenvalue weighted by molar-refractivity contribution is 5.93. The first-order valence-electron chi connectivity index (χ1n) is 6.84. The van der Waals surface area contributed by atoms with Crippen LogP contribution in [0.25, 0.3) is 0 Å². The van der Waals surface area contributed by atoms with Crippen LogP contribution in [-0.4, -0.2) is 40.5 Å². The van der Waals surface area contributed by atoms with Crippen LogP contribution in [0.2, 0.25) is 0 Å². The van der Waals surface area contributed by atoms with Crippen LogP contribution in [0.4, 0.5) is 0 Å². The topological polar surface area (TPSA) is 82.2 Å². The van der Waals surface area contributed by atoms with E-state index in [4.69, 9.17) is 10.5 Å². The number of nitrogens with two attached hydrogens (primary N) is 1. The van der Waals surface area contributed by atoms with Crippen molar-refractivity contribution in [2.45, 2.75) is 45.0 Å². The van der Waals surface area contributed by atoms with Crippen LogP contribution in [0.1, 0.15) is 29.5 Å². The molecule has 1 aromatic heterocycles. The Labute approximate surface area is 112 Å². The molecule has 1 aliphatic carbocycles. The number of aromatic nitrogens is 2. The van der Waals surface area contributed by atoms with Crippen LogP contribution >= 0.6 is 0 Å². The van der Waals surface area contributed by atoms with E-state index in [0.29, 0.717) is 18.2 Å². The summed E-state index contributed by atoms with van der Waals surface area (Å²) in [6.07, 6.45) is 1.10. The van der Waals surface area contributed by atoms with Crippen molar-refractivity contribution < 1.29 is 9.53 Å². The molecule has 4 unspecified atom stereocenters. The van der Waals surface area contributed by atoms with E-state index in [9.17, 15) is 4.79 Å². The molecule has 0 aromatic carbocycles. The highest BCUT2D eigenvalue weighted by Crippen LogP contribution is 2.37. The number of aryl methyl sites for hydroxylation is 2. The highest BCUT2D eigenvalue weighted by atomic mass is 16.5. The summed E-state index contributed by atoms with van der Waals surface area (Å²) in [5.41, 5.74) is 7.53. The molecule has 1 aliphatic heterocycles. The van der Waals surface area contributed by atoms with E-state index in [0.717, 1.165) is 18.7 Å². The summed E-state index contributed by atoms with van der Waals surface area (Å²) in [6.45, 7) is 5.28. The van der Waals surface area contributed by atoms with E-state index < -0.39 is 0 Å². The average molecular weight is 264 g/mol. The Morgan fingerprint density at radius 3 is 3.21 bits per heavy atom. The molecule has 1 amide bonds. The van der Waals surface area contributed by atoms with E-state index in [-0.39, 0.29) is 24.1 Å². The Kier molecular flexibility index (Phi) is 3.06. The SMILES string of the molecule is CCn1nc(C)cc1C(=O)NC1C(N)C2CCOC21. The predicted octanol–water partition coefficient (Wildman–Crippen LogP) is 0.0558. The molecule has 2 heterocycles. The van der Waals surface area contributed by atoms with Gasteiger partial charge in [-0.15, -0.1) is 0 Å². The first kappa shape index (κ1) is 12.6. The van der Waals surface area contributed by atoms with Gasteiger partial charge in [-0.3, -0.25) is 9.48 Å². The fourth-order valence-corrected chi connectivity index (χ4v) is 3.12. The summed E-state index contributed by atoms with van der Waals surface area (Å²) in [7, 11) is 0. The van der Waals surface area contributed by atoms with Crippen molar-refractivity contribution in [3.05, 3.63) is 17.5 Å². The van der Waals surface area contributed by atoms with E-state index >= 15 is 0 Å². The second-order valence-electron chi connectivity index (χ2n) is 5.35. The van der Waals surface area contributed by atoms with E-state index in [1.54, 1.807) is 10.7 Å². The first-order chi connectivity index (χ1) is 9.11. The number of ether oxygens (including phenoxy) is 1. The minimum atomic E-state index is -0.114. The number of carbonyl (C=O) groups is 1. The van der Waals surface area contributed by atoms with Gasteiger partial charge in [0.25, 0.3) is 5.91 Å². The summed E-state index contributed by atoms with van der Waals surface area (Å²) in [5.74, 6) is 0.292. The molecule has 4 atom stereocenters. The van der Waals surface area contributed by atoms with Crippen LogP contribution in [0, 0.1) is 12.8 Å². The number of carbonyl (C=O) groups excluding carboxylic acids is 1. The molecular weight excluding hydrogens is 244 g/mol. The molecule has 19 heavy (non-hydrogen) atoms. The van der Waals surface area contributed by atoms with Gasteiger partial charge < -0.3 is 15.8 Å². The van der Waals surface area contributed by atoms with Gasteiger partial charge in [-0.2, -0.15) is 5.10 Å². The lowest BCUT2D eigenvalue weighted by Gasteiger charge is -2.45. The summed E-state index contributed by atoms with van der Waals surface area (Å²) in [4.78, 5) is 12.3. The van der Waals surface area contributed by atoms with Crippen LogP contribution in [0.5, 0.6) is 0 Å². The second-order valence-corrected chi connectivity index (χ2v) is 5.35. The van der Waals surface area contributed by atoms with Crippen molar-refractivity contribution in [3.8, 4) is 0 Å². The zero-order valence-corrected chi connectivity index (χ0v) is 11.3. The number of hydrogen-bond acceptors (Lipinski definition) is 4. The summed E-state index contributed by atoms with van der Waals surface area (Å²) < 4.78 is 7.33. The minimum Gasteiger partial charge on any atom is -0.376 e. The Morgan fingerprint density at radius 1 is 1.68 bits per heavy atom. The maximum Gasteiger partial charge on any atom is 0.269 e. The lowest BCUT2D eigenvalue weighted by atomic mass is 9.72. The van der Waals surface area contributed by atoms with Gasteiger partial charge in [0, 0.05) is 25.1 Å². The van der Waals surface area contributed by atoms with Gasteiger partial charge in [-0.25, -0.2) is 0 Å². The van der Waals surface area contributed by atoms with Gasteiger partial charge in [-0.1, -0.05) is 0 Å². The molecule has 0 radical (unpaired) electrons. The Morgan fingerprint density at radius 2 is 2.47 bits per heavy atom. The molecule has 1 aromatic rings. The molecule has 3 rings (SSSR count). The van der Waals surface area contributed by atoms with Gasteiger partial charge in [-0.05, 0) is 26.3 Å². The third-order valence-electron chi connectivity index (χ3n) is 4.18. The predicted molar refractivity (Wildman–Crippen MR) is 69.7 cm³/mol. The monoisotopic (exact) mass is 264 g/mol. The average Bonchev–Trinajstić information content (AvgIpc) is 2.99. The van der Waals surface area contributed by atoms with Gasteiger partial charge in [0.2, 0.25) is 0 Å². The fraction of sp³-hybridized carbons (Fsp3) is 0.692. The lowest BCUT2D eigenvalue weighted by Crippen LogP contribution is -2.69. The molecule has 1 saturated carbocycles. The third-order valence-corrected chi connectivity index (χ3v) is 4.18. The number of nitrogens with zero attached hydrogens (tertiary/aromatic N) is 2. The molecular formula is C13H20N4O2. The van der Waals surface area contributed by atoms with E-state index in [2.05, 4.69) is 10.4 Å². The third kappa shape index (κ3) is 1.95. The highest BCUT2D eigenvalue weighted by Gasteiger charge is 2.52. The zero-order chi connectivity index (χ0) is 13.6. The summed E-state index contributed by atoms with van der Waals surface area (Å²) >= 11 is 0. The molecule has 104 valence electrons. The Balaban J connectivity index is 1.71. The summed E-state index contributed by atoms with van der Waals surface area (Å²) in [5, 5.41) is 7.27. The fourth-order valence-electron chi connectivity index (χ4n) is 3.12. The number of fused-ring (bicyclic) bond motifs is 1. The van der Waals surface area contributed by atoms with E-state index in [1.165, 1.54) is 0 Å². The van der Waals surface area contributed by atoms with Crippen molar-refractivity contribution in [1.29, 1.82) is 0 Å². The number of nitrogens with one attached hydrogen (secondary N) is 1. The summed E-state index contributed by atoms with van der Waals surface area (Å²) in [6, 6.07) is 1.74. The van der Waals surface area contributed by atoms with Crippen LogP contribution in [0.15, 0.2) is 6.07 Å². The zero-order valence-electron chi connectivity index (χ0n) is 11.3. The van der Waals surface area contributed by atoms with Crippen molar-refractivity contribution in [2.24, 2.45) is 11.7 Å². The van der Waals surface area contributed by atoms with Gasteiger partial charge >= 0.3 is 0 Å². The largest absolute Gasteiger partial charge is 0.376 e. The molecule has 0 spiro atoms. The maximum absolute atomic E-state index is 12.3. The maximum atomic E-state index is 12.3. The van der Waals surface area contributed by atoms with E-state index in [1.807, 2.05) is 13.8 Å². The number of hydrogen-bond donors (Lipinski definition) is 2. The van der Waals surface area contributed by atoms with Crippen LogP contribution in [-0.2, 0) is 11.3 Å². The van der Waals surface area contributed by atoms with Gasteiger partial charge in [0.15, 0.2) is 0 Å². The van der Waals surface area contributed by atoms with Crippen molar-refractivity contribution in [2.75, 3.05) is 6.61 Å². The second kappa shape index (κ2) is 4.61. The molecule has 6 nitrogen and oxygen atoms in total. The normalized spacial score (nSPS) is 32.8. The molecule has 2 aliphatic rings. The lowest BCUT2D eigenvalue weighted by molar-refractivity contribution is -0.0162. The number of rotatable bonds is 3. The standard InChI is InChI=1S/C13H20N4O2/c1-3-17-9(6-7(2)16-17)13(18)15-11-10(14)8-4-5-19-12(8)11/h6,8,10-12H,3-5,14H2,1-2H3,(H,15,18). The Bertz CT molecular complexity index is 499. The van der Waals surface area contributed by atoms with Crippen LogP contribution in [0.3, 0.4) is 0 Å². The van der Waals surface area contributed by atoms with Crippen molar-refractivity contribution in [1.82, 2.24) is 15.1 Å². The molecule has 6 heteroatoms. The minimum absolute atomic E-state index is 0.00976. The smallest absolute Gasteiger partial charge is 0.269 e.